The number of H-pyrrole nitrogens is 1. The number of fused-ring (bicyclic) bond motifs is 4. The van der Waals surface area contributed by atoms with Gasteiger partial charge in [0.05, 0.1) is 11.1 Å². The molecule has 0 aliphatic rings. The number of benzene rings is 2. The number of nitrogens with one attached hydrogen (secondary N) is 1. The van der Waals surface area contributed by atoms with E-state index in [-0.39, 0.29) is 0 Å². The molecule has 4 rings (SSSR count). The van der Waals surface area contributed by atoms with Crippen LogP contribution in [0, 0.1) is 0 Å². The zero-order chi connectivity index (χ0) is 15.3. The van der Waals surface area contributed by atoms with Crippen LogP contribution in [0.5, 0.6) is 0 Å². The predicted molar refractivity (Wildman–Crippen MR) is 87.4 cm³/mol. The van der Waals surface area contributed by atoms with Crippen molar-refractivity contribution >= 4 is 38.8 Å². The summed E-state index contributed by atoms with van der Waals surface area (Å²) in [5.41, 5.74) is 3.60. The van der Waals surface area contributed by atoms with Crippen LogP contribution >= 0.6 is 0 Å². The fourth-order valence-corrected chi connectivity index (χ4v) is 3.19. The summed E-state index contributed by atoms with van der Waals surface area (Å²) in [6, 6.07) is 13.5. The maximum absolute atomic E-state index is 12.0. The third-order valence-corrected chi connectivity index (χ3v) is 4.14. The predicted octanol–water partition coefficient (Wildman–Crippen LogP) is 4.13. The third kappa shape index (κ3) is 1.64. The van der Waals surface area contributed by atoms with Gasteiger partial charge >= 0.3 is 5.97 Å². The summed E-state index contributed by atoms with van der Waals surface area (Å²) >= 11 is 0. The van der Waals surface area contributed by atoms with Gasteiger partial charge in [-0.05, 0) is 24.1 Å². The van der Waals surface area contributed by atoms with Crippen LogP contribution in [0.1, 0.15) is 22.8 Å². The smallest absolute Gasteiger partial charge is 0.337 e. The van der Waals surface area contributed by atoms with E-state index < -0.39 is 5.97 Å². The molecule has 0 aliphatic carbocycles. The number of pyridine rings is 1. The summed E-state index contributed by atoms with van der Waals surface area (Å²) in [5, 5.41) is 12.2. The molecule has 22 heavy (non-hydrogen) atoms. The van der Waals surface area contributed by atoms with Crippen molar-refractivity contribution in [3.63, 3.8) is 0 Å². The monoisotopic (exact) mass is 290 g/mol. The molecule has 0 radical (unpaired) electrons. The number of nitrogens with zero attached hydrogens (tertiary/aromatic N) is 1. The molecule has 0 saturated carbocycles. The number of hydrogen-bond acceptors (Lipinski definition) is 2. The Morgan fingerprint density at radius 2 is 1.95 bits per heavy atom. The number of carboxylic acids is 1. The Kier molecular flexibility index (Phi) is 2.66. The van der Waals surface area contributed by atoms with Crippen LogP contribution in [0.4, 0.5) is 0 Å². The lowest BCUT2D eigenvalue weighted by Crippen LogP contribution is -2.02. The van der Waals surface area contributed by atoms with Crippen LogP contribution in [0.25, 0.3) is 32.8 Å². The molecule has 2 aromatic heterocycles. The number of rotatable bonds is 2. The molecule has 0 spiro atoms. The maximum atomic E-state index is 12.0. The lowest BCUT2D eigenvalue weighted by atomic mass is 9.98. The molecular formula is C18H14N2O2. The van der Waals surface area contributed by atoms with Gasteiger partial charge in [0, 0.05) is 21.7 Å². The van der Waals surface area contributed by atoms with Gasteiger partial charge in [0.15, 0.2) is 0 Å². The summed E-state index contributed by atoms with van der Waals surface area (Å²) in [6.07, 6.45) is 0.771. The molecular weight excluding hydrogens is 276 g/mol. The number of aryl methyl sites for hydroxylation is 1. The largest absolute Gasteiger partial charge is 0.478 e. The van der Waals surface area contributed by atoms with Gasteiger partial charge in [-0.3, -0.25) is 0 Å². The molecule has 0 bridgehead atoms. The molecule has 0 amide bonds. The first-order valence-corrected chi connectivity index (χ1v) is 7.26. The summed E-state index contributed by atoms with van der Waals surface area (Å²) in [5.74, 6) is -0.914. The molecule has 0 fully saturated rings. The van der Waals surface area contributed by atoms with Gasteiger partial charge < -0.3 is 10.1 Å². The molecule has 2 N–H and O–H groups in total. The lowest BCUT2D eigenvalue weighted by Gasteiger charge is -2.09. The normalized spacial score (nSPS) is 11.5. The fraction of sp³-hybridized carbons (Fsp3) is 0.111. The van der Waals surface area contributed by atoms with Crippen molar-refractivity contribution in [2.24, 2.45) is 0 Å². The molecule has 4 aromatic rings. The highest BCUT2D eigenvalue weighted by Gasteiger charge is 2.20. The number of carboxylic acid groups (broad SMARTS) is 1. The Morgan fingerprint density at radius 3 is 2.73 bits per heavy atom. The number of aromatic nitrogens is 2. The van der Waals surface area contributed by atoms with Crippen molar-refractivity contribution in [2.45, 2.75) is 13.3 Å². The molecule has 2 aromatic carbocycles. The summed E-state index contributed by atoms with van der Waals surface area (Å²) in [6.45, 7) is 2.03. The van der Waals surface area contributed by atoms with Gasteiger partial charge in [0.1, 0.15) is 5.65 Å². The third-order valence-electron chi connectivity index (χ3n) is 4.14. The van der Waals surface area contributed by atoms with Gasteiger partial charge in [0.2, 0.25) is 0 Å². The minimum absolute atomic E-state index is 0.343. The molecule has 0 atom stereocenters. The van der Waals surface area contributed by atoms with Gasteiger partial charge in [-0.15, -0.1) is 0 Å². The zero-order valence-electron chi connectivity index (χ0n) is 12.1. The van der Waals surface area contributed by atoms with E-state index in [1.807, 2.05) is 49.4 Å². The van der Waals surface area contributed by atoms with Crippen molar-refractivity contribution in [3.05, 3.63) is 53.6 Å². The SMILES string of the molecule is CCc1cccc2nc3[nH]c4ccccc4c3c(C(=O)O)c12. The Hall–Kier alpha value is -2.88. The van der Waals surface area contributed by atoms with E-state index in [0.717, 1.165) is 33.8 Å². The molecule has 0 aliphatic heterocycles. The topological polar surface area (TPSA) is 66.0 Å². The highest BCUT2D eigenvalue weighted by molar-refractivity contribution is 6.22. The second-order valence-corrected chi connectivity index (χ2v) is 5.35. The first-order chi connectivity index (χ1) is 10.7. The van der Waals surface area contributed by atoms with Crippen molar-refractivity contribution < 1.29 is 9.90 Å². The second kappa shape index (κ2) is 4.56. The van der Waals surface area contributed by atoms with Crippen LogP contribution in [-0.2, 0) is 6.42 Å². The van der Waals surface area contributed by atoms with E-state index in [2.05, 4.69) is 9.97 Å². The zero-order valence-corrected chi connectivity index (χ0v) is 12.1. The second-order valence-electron chi connectivity index (χ2n) is 5.35. The van der Waals surface area contributed by atoms with Crippen molar-refractivity contribution in [1.82, 2.24) is 9.97 Å². The van der Waals surface area contributed by atoms with Crippen LogP contribution in [0.15, 0.2) is 42.5 Å². The highest BCUT2D eigenvalue weighted by Crippen LogP contribution is 2.33. The van der Waals surface area contributed by atoms with E-state index in [1.54, 1.807) is 0 Å². The first-order valence-electron chi connectivity index (χ1n) is 7.26. The summed E-state index contributed by atoms with van der Waals surface area (Å²) in [4.78, 5) is 19.9. The van der Waals surface area contributed by atoms with Crippen molar-refractivity contribution in [1.29, 1.82) is 0 Å². The first kappa shape index (κ1) is 12.8. The Morgan fingerprint density at radius 1 is 1.14 bits per heavy atom. The fourth-order valence-electron chi connectivity index (χ4n) is 3.19. The van der Waals surface area contributed by atoms with Crippen LogP contribution in [-0.4, -0.2) is 21.0 Å². The number of hydrogen-bond donors (Lipinski definition) is 2. The van der Waals surface area contributed by atoms with Crippen LogP contribution < -0.4 is 0 Å². The molecule has 4 nitrogen and oxygen atoms in total. The van der Waals surface area contributed by atoms with E-state index in [0.29, 0.717) is 16.6 Å². The number of aromatic carboxylic acids is 1. The van der Waals surface area contributed by atoms with E-state index in [9.17, 15) is 9.90 Å². The van der Waals surface area contributed by atoms with Gasteiger partial charge in [-0.2, -0.15) is 0 Å². The lowest BCUT2D eigenvalue weighted by molar-refractivity contribution is 0.0701. The van der Waals surface area contributed by atoms with Crippen molar-refractivity contribution in [2.75, 3.05) is 0 Å². The van der Waals surface area contributed by atoms with E-state index in [1.165, 1.54) is 0 Å². The average molecular weight is 290 g/mol. The summed E-state index contributed by atoms with van der Waals surface area (Å²) < 4.78 is 0. The van der Waals surface area contributed by atoms with E-state index in [4.69, 9.17) is 0 Å². The molecule has 4 heteroatoms. The molecule has 108 valence electrons. The van der Waals surface area contributed by atoms with Crippen LogP contribution in [0.3, 0.4) is 0 Å². The maximum Gasteiger partial charge on any atom is 0.337 e. The van der Waals surface area contributed by atoms with Crippen molar-refractivity contribution in [3.8, 4) is 0 Å². The summed E-state index contributed by atoms with van der Waals surface area (Å²) in [7, 11) is 0. The minimum Gasteiger partial charge on any atom is -0.478 e. The molecule has 2 heterocycles. The number of aromatic amines is 1. The Balaban J connectivity index is 2.35. The van der Waals surface area contributed by atoms with Crippen LogP contribution in [0.2, 0.25) is 0 Å². The standard InChI is InChI=1S/C18H14N2O2/c1-2-10-6-5-9-13-14(10)16(18(21)22)15-11-7-3-4-8-12(11)19-17(15)20-13/h3-9H,2H2,1H3,(H,19,20)(H,21,22). The minimum atomic E-state index is -0.914. The average Bonchev–Trinajstić information content (AvgIpc) is 2.89. The van der Waals surface area contributed by atoms with E-state index >= 15 is 0 Å². The van der Waals surface area contributed by atoms with Gasteiger partial charge in [-0.1, -0.05) is 37.3 Å². The molecule has 0 saturated heterocycles. The van der Waals surface area contributed by atoms with Gasteiger partial charge in [-0.25, -0.2) is 9.78 Å². The van der Waals surface area contributed by atoms with Gasteiger partial charge in [0.25, 0.3) is 0 Å². The number of carbonyl (C=O) groups is 1. The number of para-hydroxylation sites is 1. The quantitative estimate of drug-likeness (QED) is 0.583. The molecule has 0 unspecified atom stereocenters. The Labute approximate surface area is 126 Å². The Bertz CT molecular complexity index is 1050. The highest BCUT2D eigenvalue weighted by atomic mass is 16.4.